The van der Waals surface area contributed by atoms with E-state index in [-0.39, 0.29) is 0 Å². The Bertz CT molecular complexity index is 708. The smallest absolute Gasteiger partial charge is 0.0933 e. The lowest BCUT2D eigenvalue weighted by atomic mass is 10.1. The lowest BCUT2D eigenvalue weighted by molar-refractivity contribution is 0.896. The maximum atomic E-state index is 4.60. The molecule has 0 unspecified atom stereocenters. The van der Waals surface area contributed by atoms with Gasteiger partial charge in [-0.2, -0.15) is 5.10 Å². The van der Waals surface area contributed by atoms with Crippen LogP contribution in [0.2, 0.25) is 0 Å². The van der Waals surface area contributed by atoms with Crippen LogP contribution >= 0.6 is 0 Å². The van der Waals surface area contributed by atoms with E-state index in [0.29, 0.717) is 0 Å². The van der Waals surface area contributed by atoms with E-state index in [1.807, 2.05) is 48.1 Å². The van der Waals surface area contributed by atoms with E-state index < -0.39 is 0 Å². The number of hydrogen-bond donors (Lipinski definition) is 0. The van der Waals surface area contributed by atoms with Gasteiger partial charge in [0.1, 0.15) is 0 Å². The molecule has 0 N–H and O–H groups in total. The van der Waals surface area contributed by atoms with Crippen molar-refractivity contribution in [3.63, 3.8) is 0 Å². The molecule has 3 rings (SSSR count). The van der Waals surface area contributed by atoms with Crippen molar-refractivity contribution in [1.29, 1.82) is 0 Å². The first kappa shape index (κ1) is 10.8. The Morgan fingerprint density at radius 2 is 1.89 bits per heavy atom. The van der Waals surface area contributed by atoms with Crippen molar-refractivity contribution in [3.8, 4) is 5.69 Å². The zero-order valence-corrected chi connectivity index (χ0v) is 10.3. The van der Waals surface area contributed by atoms with Gasteiger partial charge in [-0.15, -0.1) is 0 Å². The molecule has 2 heteroatoms. The fraction of sp³-hybridized carbons (Fsp3) is 0.0625. The molecule has 0 bridgehead atoms. The van der Waals surface area contributed by atoms with Crippen LogP contribution in [0, 0.1) is 0 Å². The Hall–Kier alpha value is -2.35. The molecule has 1 heterocycles. The topological polar surface area (TPSA) is 17.8 Å². The van der Waals surface area contributed by atoms with E-state index >= 15 is 0 Å². The first-order valence-corrected chi connectivity index (χ1v) is 5.95. The number of para-hydroxylation sites is 1. The van der Waals surface area contributed by atoms with Crippen molar-refractivity contribution in [2.45, 2.75) is 6.92 Å². The third-order valence-electron chi connectivity index (χ3n) is 3.02. The van der Waals surface area contributed by atoms with Gasteiger partial charge in [-0.3, -0.25) is 0 Å². The van der Waals surface area contributed by atoms with Crippen LogP contribution in [0.4, 0.5) is 0 Å². The first-order chi connectivity index (χ1) is 8.74. The van der Waals surface area contributed by atoms with Crippen LogP contribution in [0.5, 0.6) is 0 Å². The summed E-state index contributed by atoms with van der Waals surface area (Å²) in [4.78, 5) is 0. The monoisotopic (exact) mass is 234 g/mol. The fourth-order valence-electron chi connectivity index (χ4n) is 1.99. The molecular formula is C16H14N2. The summed E-state index contributed by atoms with van der Waals surface area (Å²) in [6, 6.07) is 16.4. The normalized spacial score (nSPS) is 10.7. The highest BCUT2D eigenvalue weighted by atomic mass is 15.3. The Balaban J connectivity index is 2.14. The fourth-order valence-corrected chi connectivity index (χ4v) is 1.99. The quantitative estimate of drug-likeness (QED) is 0.654. The van der Waals surface area contributed by atoms with Crippen LogP contribution < -0.4 is 0 Å². The second-order valence-corrected chi connectivity index (χ2v) is 4.46. The molecule has 0 fully saturated rings. The van der Waals surface area contributed by atoms with E-state index in [9.17, 15) is 0 Å². The summed E-state index contributed by atoms with van der Waals surface area (Å²) in [6.45, 7) is 5.97. The predicted octanol–water partition coefficient (Wildman–Crippen LogP) is 4.06. The average Bonchev–Trinajstić information content (AvgIpc) is 2.82. The Morgan fingerprint density at radius 1 is 1.11 bits per heavy atom. The number of hydrogen-bond acceptors (Lipinski definition) is 1. The Labute approximate surface area is 106 Å². The van der Waals surface area contributed by atoms with Crippen LogP contribution in [0.3, 0.4) is 0 Å². The SMILES string of the molecule is C=C(C)c1ccc2cn(-c3ccccc3)nc2c1. The highest BCUT2D eigenvalue weighted by Gasteiger charge is 2.03. The zero-order valence-electron chi connectivity index (χ0n) is 10.3. The van der Waals surface area contributed by atoms with E-state index in [0.717, 1.165) is 27.7 Å². The van der Waals surface area contributed by atoms with E-state index in [1.54, 1.807) is 0 Å². The van der Waals surface area contributed by atoms with E-state index in [2.05, 4.69) is 29.9 Å². The molecule has 0 aliphatic heterocycles. The molecule has 2 nitrogen and oxygen atoms in total. The molecule has 0 aliphatic carbocycles. The molecule has 1 aromatic heterocycles. The van der Waals surface area contributed by atoms with Crippen molar-refractivity contribution < 1.29 is 0 Å². The molecule has 88 valence electrons. The molecule has 0 spiro atoms. The molecule has 2 aromatic carbocycles. The van der Waals surface area contributed by atoms with Gasteiger partial charge >= 0.3 is 0 Å². The van der Waals surface area contributed by atoms with Crippen LogP contribution in [0.25, 0.3) is 22.2 Å². The summed E-state index contributed by atoms with van der Waals surface area (Å²) in [6.07, 6.45) is 2.05. The number of fused-ring (bicyclic) bond motifs is 1. The molecule has 3 aromatic rings. The maximum Gasteiger partial charge on any atom is 0.0933 e. The summed E-state index contributed by atoms with van der Waals surface area (Å²) in [5, 5.41) is 5.74. The van der Waals surface area contributed by atoms with Crippen molar-refractivity contribution in [2.24, 2.45) is 0 Å². The predicted molar refractivity (Wildman–Crippen MR) is 75.8 cm³/mol. The van der Waals surface area contributed by atoms with Crippen LogP contribution in [0.1, 0.15) is 12.5 Å². The maximum absolute atomic E-state index is 4.60. The molecule has 0 saturated heterocycles. The number of aromatic nitrogens is 2. The molecule has 0 aliphatic rings. The highest BCUT2D eigenvalue weighted by Crippen LogP contribution is 2.20. The van der Waals surface area contributed by atoms with Gasteiger partial charge in [0.25, 0.3) is 0 Å². The van der Waals surface area contributed by atoms with Crippen molar-refractivity contribution in [3.05, 3.63) is 66.9 Å². The number of nitrogens with zero attached hydrogens (tertiary/aromatic N) is 2. The summed E-state index contributed by atoms with van der Waals surface area (Å²) < 4.78 is 1.91. The minimum absolute atomic E-state index is 0.999. The first-order valence-electron chi connectivity index (χ1n) is 5.95. The molecule has 18 heavy (non-hydrogen) atoms. The van der Waals surface area contributed by atoms with Gasteiger partial charge in [-0.1, -0.05) is 42.5 Å². The number of rotatable bonds is 2. The van der Waals surface area contributed by atoms with E-state index in [1.165, 1.54) is 0 Å². The number of allylic oxidation sites excluding steroid dienone is 1. The van der Waals surface area contributed by atoms with Gasteiger partial charge < -0.3 is 0 Å². The highest BCUT2D eigenvalue weighted by molar-refractivity contribution is 5.82. The van der Waals surface area contributed by atoms with Crippen LogP contribution in [-0.4, -0.2) is 9.78 Å². The van der Waals surface area contributed by atoms with Crippen LogP contribution in [0.15, 0.2) is 61.3 Å². The van der Waals surface area contributed by atoms with Crippen molar-refractivity contribution in [1.82, 2.24) is 9.78 Å². The second kappa shape index (κ2) is 4.15. The molecule has 0 radical (unpaired) electrons. The molecule has 0 saturated carbocycles. The molecule has 0 amide bonds. The second-order valence-electron chi connectivity index (χ2n) is 4.46. The van der Waals surface area contributed by atoms with Crippen molar-refractivity contribution in [2.75, 3.05) is 0 Å². The lowest BCUT2D eigenvalue weighted by Crippen LogP contribution is -1.92. The van der Waals surface area contributed by atoms with Gasteiger partial charge in [0.05, 0.1) is 11.2 Å². The lowest BCUT2D eigenvalue weighted by Gasteiger charge is -1.98. The van der Waals surface area contributed by atoms with Gasteiger partial charge in [0.2, 0.25) is 0 Å². The third-order valence-corrected chi connectivity index (χ3v) is 3.02. The minimum atomic E-state index is 0.999. The van der Waals surface area contributed by atoms with Gasteiger partial charge in [-0.25, -0.2) is 4.68 Å². The minimum Gasteiger partial charge on any atom is -0.240 e. The van der Waals surface area contributed by atoms with Gasteiger partial charge in [0, 0.05) is 11.6 Å². The summed E-state index contributed by atoms with van der Waals surface area (Å²) in [5.41, 5.74) is 4.27. The van der Waals surface area contributed by atoms with Crippen molar-refractivity contribution >= 4 is 16.5 Å². The summed E-state index contributed by atoms with van der Waals surface area (Å²) in [7, 11) is 0. The zero-order chi connectivity index (χ0) is 12.5. The van der Waals surface area contributed by atoms with Gasteiger partial charge in [-0.05, 0) is 30.7 Å². The number of benzene rings is 2. The van der Waals surface area contributed by atoms with Crippen LogP contribution in [-0.2, 0) is 0 Å². The average molecular weight is 234 g/mol. The van der Waals surface area contributed by atoms with Gasteiger partial charge in [0.15, 0.2) is 0 Å². The van der Waals surface area contributed by atoms with E-state index in [4.69, 9.17) is 0 Å². The molecular weight excluding hydrogens is 220 g/mol. The third kappa shape index (κ3) is 1.82. The molecule has 0 atom stereocenters. The standard InChI is InChI=1S/C16H14N2/c1-12(2)13-8-9-14-11-18(17-16(14)10-13)15-6-4-3-5-7-15/h3-11H,1H2,2H3. The summed E-state index contributed by atoms with van der Waals surface area (Å²) in [5.74, 6) is 0. The Kier molecular flexibility index (Phi) is 2.49. The summed E-state index contributed by atoms with van der Waals surface area (Å²) >= 11 is 0. The Morgan fingerprint density at radius 3 is 2.61 bits per heavy atom. The largest absolute Gasteiger partial charge is 0.240 e.